The van der Waals surface area contributed by atoms with Gasteiger partial charge in [-0.2, -0.15) is 0 Å². The number of rotatable bonds is 2. The van der Waals surface area contributed by atoms with E-state index in [1.54, 1.807) is 5.01 Å². The zero-order chi connectivity index (χ0) is 19.6. The van der Waals surface area contributed by atoms with Crippen LogP contribution >= 0.6 is 0 Å². The Morgan fingerprint density at radius 3 is 2.28 bits per heavy atom. The Kier molecular flexibility index (Phi) is 4.38. The Morgan fingerprint density at radius 1 is 0.862 bits per heavy atom. The second-order valence-electron chi connectivity index (χ2n) is 6.81. The lowest BCUT2D eigenvalue weighted by atomic mass is 10.0. The van der Waals surface area contributed by atoms with E-state index in [1.807, 2.05) is 84.9 Å². The number of hydrogen-bond acceptors (Lipinski definition) is 6. The van der Waals surface area contributed by atoms with Gasteiger partial charge in [-0.3, -0.25) is 4.99 Å². The van der Waals surface area contributed by atoms with Crippen LogP contribution in [0, 0.1) is 0 Å². The van der Waals surface area contributed by atoms with Crippen LogP contribution in [0.25, 0.3) is 0 Å². The molecule has 3 aromatic rings. The Hall–Kier alpha value is -3.77. The topological polar surface area (TPSA) is 66.3 Å². The van der Waals surface area contributed by atoms with Crippen molar-refractivity contribution in [2.75, 3.05) is 5.01 Å². The van der Waals surface area contributed by atoms with Crippen molar-refractivity contribution in [1.82, 2.24) is 5.59 Å². The van der Waals surface area contributed by atoms with Crippen molar-refractivity contribution >= 4 is 11.7 Å². The third kappa shape index (κ3) is 3.30. The number of hydrazine groups is 1. The van der Waals surface area contributed by atoms with Crippen LogP contribution in [0.4, 0.5) is 5.69 Å². The fourth-order valence-corrected chi connectivity index (χ4v) is 3.55. The molecule has 0 spiro atoms. The lowest BCUT2D eigenvalue weighted by Crippen LogP contribution is -2.29. The highest BCUT2D eigenvalue weighted by molar-refractivity contribution is 5.95. The molecule has 29 heavy (non-hydrogen) atoms. The van der Waals surface area contributed by atoms with Gasteiger partial charge in [0.25, 0.3) is 0 Å². The quantitative estimate of drug-likeness (QED) is 0.692. The smallest absolute Gasteiger partial charge is 0.345 e. The van der Waals surface area contributed by atoms with Gasteiger partial charge < -0.3 is 4.84 Å². The minimum absolute atomic E-state index is 0.155. The van der Waals surface area contributed by atoms with Gasteiger partial charge >= 0.3 is 5.97 Å². The van der Waals surface area contributed by atoms with E-state index in [0.717, 1.165) is 22.0 Å². The van der Waals surface area contributed by atoms with Gasteiger partial charge in [-0.1, -0.05) is 66.3 Å². The van der Waals surface area contributed by atoms with Crippen molar-refractivity contribution in [2.24, 2.45) is 9.98 Å². The number of benzene rings is 3. The Morgan fingerprint density at radius 2 is 1.52 bits per heavy atom. The molecule has 1 saturated heterocycles. The van der Waals surface area contributed by atoms with E-state index >= 15 is 0 Å². The molecule has 1 atom stereocenters. The van der Waals surface area contributed by atoms with Crippen LogP contribution < -0.4 is 21.3 Å². The second-order valence-corrected chi connectivity index (χ2v) is 6.81. The van der Waals surface area contributed by atoms with Crippen molar-refractivity contribution in [3.63, 3.8) is 0 Å². The number of nitrogens with one attached hydrogen (secondary N) is 1. The maximum atomic E-state index is 12.6. The molecule has 0 aromatic heterocycles. The molecule has 6 heteroatoms. The van der Waals surface area contributed by atoms with Gasteiger partial charge in [-0.25, -0.2) is 14.8 Å². The number of carbonyl (C=O) groups excluding carboxylic acids is 1. The van der Waals surface area contributed by atoms with Crippen molar-refractivity contribution in [1.29, 1.82) is 0 Å². The molecular weight excluding hydrogens is 364 g/mol. The first-order chi connectivity index (χ1) is 14.3. The zero-order valence-electron chi connectivity index (χ0n) is 15.5. The van der Waals surface area contributed by atoms with E-state index in [1.165, 1.54) is 0 Å². The maximum Gasteiger partial charge on any atom is 0.378 e. The molecule has 2 aliphatic heterocycles. The first-order valence-electron chi connectivity index (χ1n) is 9.41. The number of fused-ring (bicyclic) bond motifs is 1. The monoisotopic (exact) mass is 382 g/mol. The number of nitrogens with zero attached hydrogens (tertiary/aromatic N) is 3. The first-order valence-corrected chi connectivity index (χ1v) is 9.41. The summed E-state index contributed by atoms with van der Waals surface area (Å²) in [7, 11) is 0. The number of hydrogen-bond donors (Lipinski definition) is 1. The molecule has 1 N–H and O–H groups in total. The number of anilines is 1. The van der Waals surface area contributed by atoms with Crippen LogP contribution in [0.3, 0.4) is 0 Å². The molecule has 0 aliphatic carbocycles. The van der Waals surface area contributed by atoms with Crippen LogP contribution in [0.2, 0.25) is 0 Å². The molecule has 1 unspecified atom stereocenters. The van der Waals surface area contributed by atoms with Gasteiger partial charge in [0.15, 0.2) is 5.70 Å². The van der Waals surface area contributed by atoms with Crippen LogP contribution in [0.1, 0.15) is 18.0 Å². The van der Waals surface area contributed by atoms with Crippen LogP contribution in [-0.4, -0.2) is 5.97 Å². The maximum absolute atomic E-state index is 12.6. The molecule has 2 aliphatic rings. The molecule has 0 bridgehead atoms. The summed E-state index contributed by atoms with van der Waals surface area (Å²) in [6.45, 7) is 0. The minimum atomic E-state index is -0.459. The largest absolute Gasteiger partial charge is 0.378 e. The van der Waals surface area contributed by atoms with E-state index in [2.05, 4.69) is 5.59 Å². The SMILES string of the molecule is O=C1ONN(c2ccccc2)/C1=C1\CC(c2ccccc2)N=c2ccccc2=N1. The molecule has 5 rings (SSSR count). The highest BCUT2D eigenvalue weighted by atomic mass is 16.7. The summed E-state index contributed by atoms with van der Waals surface area (Å²) in [5.74, 6) is -0.459. The standard InChI is InChI=1S/C23H18N4O2/c28-23-22(27(26-29-23)17-11-5-2-6-12-17)21-15-20(16-9-3-1-4-10-16)24-18-13-7-8-14-19(18)25-21/h1-14,20,26H,15H2/b22-21+. The van der Waals surface area contributed by atoms with Crippen molar-refractivity contribution < 1.29 is 9.63 Å². The third-order valence-electron chi connectivity index (χ3n) is 4.94. The summed E-state index contributed by atoms with van der Waals surface area (Å²) in [4.78, 5) is 27.6. The fourth-order valence-electron chi connectivity index (χ4n) is 3.55. The predicted molar refractivity (Wildman–Crippen MR) is 108 cm³/mol. The Balaban J connectivity index is 1.71. The molecule has 1 fully saturated rings. The molecule has 6 nitrogen and oxygen atoms in total. The van der Waals surface area contributed by atoms with Crippen molar-refractivity contribution in [2.45, 2.75) is 12.5 Å². The first kappa shape index (κ1) is 17.3. The van der Waals surface area contributed by atoms with Crippen LogP contribution in [0.15, 0.2) is 106 Å². The van der Waals surface area contributed by atoms with Gasteiger partial charge in [0.1, 0.15) is 0 Å². The van der Waals surface area contributed by atoms with Gasteiger partial charge in [0, 0.05) is 6.42 Å². The minimum Gasteiger partial charge on any atom is -0.345 e. The molecule has 0 amide bonds. The summed E-state index contributed by atoms with van der Waals surface area (Å²) in [5, 5.41) is 3.18. The van der Waals surface area contributed by atoms with Gasteiger partial charge in [0.2, 0.25) is 0 Å². The second kappa shape index (κ2) is 7.33. The fraction of sp³-hybridized carbons (Fsp3) is 0.0870. The predicted octanol–water partition coefficient (Wildman–Crippen LogP) is 2.77. The molecule has 0 radical (unpaired) electrons. The lowest BCUT2D eigenvalue weighted by Gasteiger charge is -2.18. The van der Waals surface area contributed by atoms with Crippen molar-refractivity contribution in [3.8, 4) is 0 Å². The molecule has 2 heterocycles. The van der Waals surface area contributed by atoms with Gasteiger partial charge in [-0.15, -0.1) is 0 Å². The Bertz CT molecular complexity index is 1210. The van der Waals surface area contributed by atoms with E-state index in [0.29, 0.717) is 17.8 Å². The van der Waals surface area contributed by atoms with Gasteiger partial charge in [0.05, 0.1) is 28.1 Å². The molecular formula is C23H18N4O2. The molecule has 0 saturated carbocycles. The van der Waals surface area contributed by atoms with Crippen LogP contribution in [0.5, 0.6) is 0 Å². The average Bonchev–Trinajstić information content (AvgIpc) is 3.05. The summed E-state index contributed by atoms with van der Waals surface area (Å²) in [6, 6.07) is 27.2. The van der Waals surface area contributed by atoms with E-state index in [9.17, 15) is 4.79 Å². The van der Waals surface area contributed by atoms with Crippen LogP contribution in [-0.2, 0) is 9.63 Å². The normalized spacial score (nSPS) is 20.9. The summed E-state index contributed by atoms with van der Waals surface area (Å²) in [5.41, 5.74) is 5.58. The summed E-state index contributed by atoms with van der Waals surface area (Å²) >= 11 is 0. The highest BCUT2D eigenvalue weighted by Crippen LogP contribution is 2.31. The molecule has 3 aromatic carbocycles. The third-order valence-corrected chi connectivity index (χ3v) is 4.94. The van der Waals surface area contributed by atoms with E-state index < -0.39 is 5.97 Å². The van der Waals surface area contributed by atoms with Crippen molar-refractivity contribution in [3.05, 3.63) is 113 Å². The molecule has 142 valence electrons. The highest BCUT2D eigenvalue weighted by Gasteiger charge is 2.34. The van der Waals surface area contributed by atoms with E-state index in [4.69, 9.17) is 14.8 Å². The van der Waals surface area contributed by atoms with Gasteiger partial charge in [-0.05, 0) is 29.8 Å². The zero-order valence-corrected chi connectivity index (χ0v) is 15.5. The average molecular weight is 382 g/mol. The lowest BCUT2D eigenvalue weighted by molar-refractivity contribution is -0.140. The number of para-hydroxylation sites is 3. The summed E-state index contributed by atoms with van der Waals surface area (Å²) < 4.78 is 0. The Labute approximate surface area is 167 Å². The number of carbonyl (C=O) groups is 1. The summed E-state index contributed by atoms with van der Waals surface area (Å²) in [6.07, 6.45) is 0.480. The van der Waals surface area contributed by atoms with E-state index in [-0.39, 0.29) is 6.04 Å².